The van der Waals surface area contributed by atoms with E-state index in [9.17, 15) is 9.59 Å². The lowest BCUT2D eigenvalue weighted by atomic mass is 10.1. The molecule has 0 bridgehead atoms. The van der Waals surface area contributed by atoms with Crippen molar-refractivity contribution in [2.75, 3.05) is 6.54 Å². The third-order valence-electron chi connectivity index (χ3n) is 2.87. The molecular formula is C15H21NO3. The van der Waals surface area contributed by atoms with Gasteiger partial charge in [0.2, 0.25) is 5.91 Å². The first-order chi connectivity index (χ1) is 9.18. The Morgan fingerprint density at radius 3 is 2.37 bits per heavy atom. The smallest absolute Gasteiger partial charge is 0.303 e. The van der Waals surface area contributed by atoms with Gasteiger partial charge in [-0.05, 0) is 24.8 Å². The number of rotatable bonds is 9. The average molecular weight is 263 g/mol. The maximum Gasteiger partial charge on any atom is 0.303 e. The van der Waals surface area contributed by atoms with Crippen molar-refractivity contribution >= 4 is 11.9 Å². The summed E-state index contributed by atoms with van der Waals surface area (Å²) in [4.78, 5) is 21.8. The topological polar surface area (TPSA) is 66.4 Å². The molecule has 0 aliphatic carbocycles. The molecule has 0 unspecified atom stereocenters. The Hall–Kier alpha value is -1.84. The average Bonchev–Trinajstić information content (AvgIpc) is 2.39. The van der Waals surface area contributed by atoms with Crippen molar-refractivity contribution in [1.29, 1.82) is 0 Å². The van der Waals surface area contributed by atoms with Crippen molar-refractivity contribution in [3.8, 4) is 0 Å². The third-order valence-corrected chi connectivity index (χ3v) is 2.87. The van der Waals surface area contributed by atoms with Gasteiger partial charge in [0.05, 0.1) is 0 Å². The summed E-state index contributed by atoms with van der Waals surface area (Å²) in [6.45, 7) is 0.651. The number of aliphatic carboxylic acids is 1. The summed E-state index contributed by atoms with van der Waals surface area (Å²) in [6, 6.07) is 10.0. The Morgan fingerprint density at radius 1 is 1.00 bits per heavy atom. The molecule has 104 valence electrons. The first-order valence-corrected chi connectivity index (χ1v) is 6.71. The Bertz CT molecular complexity index is 390. The molecule has 0 saturated heterocycles. The van der Waals surface area contributed by atoms with Gasteiger partial charge in [-0.1, -0.05) is 36.8 Å². The predicted molar refractivity (Wildman–Crippen MR) is 73.9 cm³/mol. The van der Waals surface area contributed by atoms with Gasteiger partial charge in [-0.15, -0.1) is 0 Å². The molecule has 2 N–H and O–H groups in total. The van der Waals surface area contributed by atoms with Crippen LogP contribution in [0.4, 0.5) is 0 Å². The maximum atomic E-state index is 11.5. The summed E-state index contributed by atoms with van der Waals surface area (Å²) in [5, 5.41) is 11.3. The van der Waals surface area contributed by atoms with Crippen LogP contribution in [-0.4, -0.2) is 23.5 Å². The second-order valence-electron chi connectivity index (χ2n) is 4.54. The quantitative estimate of drug-likeness (QED) is 0.672. The second kappa shape index (κ2) is 9.14. The van der Waals surface area contributed by atoms with Gasteiger partial charge in [-0.25, -0.2) is 0 Å². The van der Waals surface area contributed by atoms with Crippen LogP contribution in [0.2, 0.25) is 0 Å². The molecule has 19 heavy (non-hydrogen) atoms. The molecule has 1 amide bonds. The van der Waals surface area contributed by atoms with Crippen LogP contribution < -0.4 is 5.32 Å². The highest BCUT2D eigenvalue weighted by Gasteiger charge is 2.02. The van der Waals surface area contributed by atoms with Crippen LogP contribution in [0.3, 0.4) is 0 Å². The lowest BCUT2D eigenvalue weighted by Gasteiger charge is -2.05. The fraction of sp³-hybridized carbons (Fsp3) is 0.467. The maximum absolute atomic E-state index is 11.5. The molecular weight excluding hydrogens is 242 g/mol. The second-order valence-corrected chi connectivity index (χ2v) is 4.54. The molecule has 1 aromatic carbocycles. The largest absolute Gasteiger partial charge is 0.481 e. The van der Waals surface area contributed by atoms with Crippen LogP contribution in [0.15, 0.2) is 30.3 Å². The van der Waals surface area contributed by atoms with Crippen molar-refractivity contribution in [2.24, 2.45) is 0 Å². The Kier molecular flexibility index (Phi) is 7.32. The minimum absolute atomic E-state index is 0.0475. The Labute approximate surface area is 113 Å². The number of amides is 1. The zero-order valence-corrected chi connectivity index (χ0v) is 11.1. The van der Waals surface area contributed by atoms with Gasteiger partial charge in [-0.2, -0.15) is 0 Å². The molecule has 4 heteroatoms. The molecule has 0 aliphatic heterocycles. The molecule has 0 spiro atoms. The van der Waals surface area contributed by atoms with Gasteiger partial charge in [-0.3, -0.25) is 9.59 Å². The number of carboxylic acid groups (broad SMARTS) is 1. The van der Waals surface area contributed by atoms with E-state index in [0.29, 0.717) is 19.4 Å². The number of carbonyl (C=O) groups is 2. The van der Waals surface area contributed by atoms with Crippen LogP contribution in [0.25, 0.3) is 0 Å². The van der Waals surface area contributed by atoms with E-state index in [4.69, 9.17) is 5.11 Å². The van der Waals surface area contributed by atoms with E-state index in [2.05, 4.69) is 5.32 Å². The first-order valence-electron chi connectivity index (χ1n) is 6.71. The number of carbonyl (C=O) groups excluding carboxylic acids is 1. The lowest BCUT2D eigenvalue weighted by molar-refractivity contribution is -0.137. The fourth-order valence-corrected chi connectivity index (χ4v) is 1.82. The van der Waals surface area contributed by atoms with E-state index in [1.165, 1.54) is 5.56 Å². The lowest BCUT2D eigenvalue weighted by Crippen LogP contribution is -2.25. The number of carboxylic acids is 1. The monoisotopic (exact) mass is 263 g/mol. The van der Waals surface area contributed by atoms with E-state index in [1.54, 1.807) is 0 Å². The summed E-state index contributed by atoms with van der Waals surface area (Å²) in [5.41, 5.74) is 1.21. The number of nitrogens with one attached hydrogen (secondary N) is 1. The summed E-state index contributed by atoms with van der Waals surface area (Å²) >= 11 is 0. The number of benzene rings is 1. The van der Waals surface area contributed by atoms with Crippen LogP contribution in [-0.2, 0) is 16.0 Å². The Morgan fingerprint density at radius 2 is 1.68 bits per heavy atom. The zero-order valence-electron chi connectivity index (χ0n) is 11.1. The van der Waals surface area contributed by atoms with Crippen molar-refractivity contribution in [2.45, 2.75) is 38.5 Å². The first kappa shape index (κ1) is 15.2. The van der Waals surface area contributed by atoms with E-state index < -0.39 is 5.97 Å². The fourth-order valence-electron chi connectivity index (χ4n) is 1.82. The van der Waals surface area contributed by atoms with E-state index in [0.717, 1.165) is 19.3 Å². The van der Waals surface area contributed by atoms with Gasteiger partial charge >= 0.3 is 5.97 Å². The minimum Gasteiger partial charge on any atom is -0.481 e. The summed E-state index contributed by atoms with van der Waals surface area (Å²) in [6.07, 6.45) is 3.70. The van der Waals surface area contributed by atoms with Crippen molar-refractivity contribution in [3.05, 3.63) is 35.9 Å². The number of hydrogen-bond acceptors (Lipinski definition) is 2. The summed E-state index contributed by atoms with van der Waals surface area (Å²) in [7, 11) is 0. The zero-order chi connectivity index (χ0) is 13.9. The molecule has 4 nitrogen and oxygen atoms in total. The molecule has 0 aromatic heterocycles. The minimum atomic E-state index is -0.771. The van der Waals surface area contributed by atoms with Crippen molar-refractivity contribution in [3.63, 3.8) is 0 Å². The molecule has 0 saturated carbocycles. The van der Waals surface area contributed by atoms with Gasteiger partial charge in [0.25, 0.3) is 0 Å². The van der Waals surface area contributed by atoms with E-state index >= 15 is 0 Å². The number of unbranched alkanes of at least 4 members (excludes halogenated alkanes) is 2. The van der Waals surface area contributed by atoms with Crippen LogP contribution in [0.1, 0.15) is 37.7 Å². The van der Waals surface area contributed by atoms with E-state index in [-0.39, 0.29) is 12.3 Å². The van der Waals surface area contributed by atoms with Crippen LogP contribution in [0.5, 0.6) is 0 Å². The van der Waals surface area contributed by atoms with Crippen molar-refractivity contribution < 1.29 is 14.7 Å². The molecule has 0 radical (unpaired) electrons. The molecule has 0 atom stereocenters. The van der Waals surface area contributed by atoms with Crippen LogP contribution in [0, 0.1) is 0 Å². The van der Waals surface area contributed by atoms with Gasteiger partial charge in [0.1, 0.15) is 0 Å². The molecule has 1 rings (SSSR count). The van der Waals surface area contributed by atoms with E-state index in [1.807, 2.05) is 30.3 Å². The summed E-state index contributed by atoms with van der Waals surface area (Å²) < 4.78 is 0. The van der Waals surface area contributed by atoms with Gasteiger partial charge in [0, 0.05) is 19.4 Å². The normalized spacial score (nSPS) is 10.1. The van der Waals surface area contributed by atoms with Crippen molar-refractivity contribution in [1.82, 2.24) is 5.32 Å². The number of hydrogen-bond donors (Lipinski definition) is 2. The standard InChI is InChI=1S/C15H21NO3/c17-14(9-5-2-6-10-15(18)19)16-12-11-13-7-3-1-4-8-13/h1,3-4,7-8H,2,5-6,9-12H2,(H,16,17)(H,18,19). The third kappa shape index (κ3) is 7.97. The van der Waals surface area contributed by atoms with Gasteiger partial charge in [0.15, 0.2) is 0 Å². The predicted octanol–water partition coefficient (Wildman–Crippen LogP) is 2.38. The highest BCUT2D eigenvalue weighted by Crippen LogP contribution is 2.03. The SMILES string of the molecule is O=C(O)CCCCCC(=O)NCCc1ccccc1. The highest BCUT2D eigenvalue weighted by atomic mass is 16.4. The van der Waals surface area contributed by atoms with Crippen LogP contribution >= 0.6 is 0 Å². The Balaban J connectivity index is 2.01. The highest BCUT2D eigenvalue weighted by molar-refractivity contribution is 5.75. The molecule has 0 aliphatic rings. The summed E-state index contributed by atoms with van der Waals surface area (Å²) in [5.74, 6) is -0.724. The molecule has 1 aromatic rings. The molecule has 0 fully saturated rings. The molecule has 0 heterocycles. The van der Waals surface area contributed by atoms with Gasteiger partial charge < -0.3 is 10.4 Å².